The number of imide groups is 1. The van der Waals surface area contributed by atoms with Crippen LogP contribution in [0.2, 0.25) is 0 Å². The van der Waals surface area contributed by atoms with Gasteiger partial charge in [-0.2, -0.15) is 0 Å². The zero-order valence-corrected chi connectivity index (χ0v) is 20.8. The largest absolute Gasteiger partial charge is 0.389 e. The number of amides is 2. The molecule has 7 heteroatoms. The van der Waals surface area contributed by atoms with Gasteiger partial charge in [0.25, 0.3) is 11.8 Å². The van der Waals surface area contributed by atoms with Crippen molar-refractivity contribution in [2.75, 3.05) is 52.4 Å². The molecular formula is C29H35N3O4. The number of aliphatic hydroxyl groups is 1. The third-order valence-corrected chi connectivity index (χ3v) is 7.91. The Morgan fingerprint density at radius 2 is 1.53 bits per heavy atom. The number of piperazine rings is 1. The van der Waals surface area contributed by atoms with E-state index in [2.05, 4.69) is 15.7 Å². The van der Waals surface area contributed by atoms with Crippen LogP contribution in [0, 0.1) is 12.3 Å². The van der Waals surface area contributed by atoms with E-state index in [0.717, 1.165) is 62.6 Å². The zero-order chi connectivity index (χ0) is 25.1. The van der Waals surface area contributed by atoms with Crippen LogP contribution in [0.1, 0.15) is 52.8 Å². The number of carbonyl (C=O) groups excluding carboxylic acids is 2. The second-order valence-electron chi connectivity index (χ2n) is 10.3. The van der Waals surface area contributed by atoms with Crippen molar-refractivity contribution in [1.29, 1.82) is 0 Å². The molecule has 0 aromatic heterocycles. The third kappa shape index (κ3) is 5.05. The summed E-state index contributed by atoms with van der Waals surface area (Å²) in [4.78, 5) is 32.1. The first-order valence-corrected chi connectivity index (χ1v) is 13.1. The quantitative estimate of drug-likeness (QED) is 0.454. The first-order chi connectivity index (χ1) is 17.5. The van der Waals surface area contributed by atoms with Gasteiger partial charge >= 0.3 is 0 Å². The normalized spacial score (nSPS) is 21.5. The van der Waals surface area contributed by atoms with Crippen molar-refractivity contribution in [2.45, 2.75) is 43.8 Å². The fourth-order valence-corrected chi connectivity index (χ4v) is 5.78. The average Bonchev–Trinajstić information content (AvgIpc) is 2.92. The second kappa shape index (κ2) is 10.7. The Kier molecular flexibility index (Phi) is 7.40. The van der Waals surface area contributed by atoms with E-state index in [1.807, 2.05) is 24.3 Å². The van der Waals surface area contributed by atoms with Gasteiger partial charge in [0.1, 0.15) is 5.60 Å². The van der Waals surface area contributed by atoms with E-state index in [9.17, 15) is 14.7 Å². The maximum atomic E-state index is 13.1. The molecule has 1 N–H and O–H groups in total. The Morgan fingerprint density at radius 3 is 2.14 bits per heavy atom. The molecule has 1 aliphatic carbocycles. The van der Waals surface area contributed by atoms with Gasteiger partial charge < -0.3 is 9.84 Å². The topological polar surface area (TPSA) is 73.3 Å². The van der Waals surface area contributed by atoms with E-state index < -0.39 is 11.7 Å². The van der Waals surface area contributed by atoms with Crippen molar-refractivity contribution in [3.05, 3.63) is 47.5 Å². The Balaban J connectivity index is 1.09. The number of ether oxygens (including phenoxy) is 1. The Labute approximate surface area is 213 Å². The molecule has 0 radical (unpaired) electrons. The molecule has 2 heterocycles. The molecule has 2 aliphatic heterocycles. The second-order valence-corrected chi connectivity index (χ2v) is 10.3. The van der Waals surface area contributed by atoms with Crippen LogP contribution in [0.25, 0.3) is 10.8 Å². The van der Waals surface area contributed by atoms with E-state index in [1.165, 1.54) is 11.3 Å². The number of terminal acetylenes is 1. The van der Waals surface area contributed by atoms with Gasteiger partial charge in [-0.25, -0.2) is 0 Å². The molecule has 1 saturated heterocycles. The summed E-state index contributed by atoms with van der Waals surface area (Å²) in [6.07, 6.45) is 10.3. The lowest BCUT2D eigenvalue weighted by molar-refractivity contribution is -0.0715. The van der Waals surface area contributed by atoms with Crippen molar-refractivity contribution in [2.24, 2.45) is 0 Å². The summed E-state index contributed by atoms with van der Waals surface area (Å²) < 4.78 is 6.02. The lowest BCUT2D eigenvalue weighted by Gasteiger charge is -2.37. The molecule has 7 nitrogen and oxygen atoms in total. The molecule has 2 aromatic carbocycles. The number of rotatable bonds is 8. The van der Waals surface area contributed by atoms with Crippen molar-refractivity contribution in [3.63, 3.8) is 0 Å². The van der Waals surface area contributed by atoms with Gasteiger partial charge in [0.15, 0.2) is 0 Å². The van der Waals surface area contributed by atoms with Crippen molar-refractivity contribution in [1.82, 2.24) is 14.7 Å². The standard InChI is InChI=1S/C29H35N3O4/c1-2-29(12-4-3-5-13-29)36-21-23(33)20-31-16-14-30(15-17-31)18-19-32-27(34)24-10-6-8-22-9-7-11-25(26(22)24)28(32)35/h1,6-11,23,33H,3-5,12-21H2. The minimum atomic E-state index is -0.574. The van der Waals surface area contributed by atoms with E-state index >= 15 is 0 Å². The summed E-state index contributed by atoms with van der Waals surface area (Å²) in [6, 6.07) is 11.2. The Morgan fingerprint density at radius 1 is 0.917 bits per heavy atom. The van der Waals surface area contributed by atoms with Crippen LogP contribution >= 0.6 is 0 Å². The minimum Gasteiger partial charge on any atom is -0.389 e. The molecule has 2 fully saturated rings. The highest BCUT2D eigenvalue weighted by Gasteiger charge is 2.34. The van der Waals surface area contributed by atoms with Crippen molar-refractivity contribution in [3.8, 4) is 12.3 Å². The monoisotopic (exact) mass is 489 g/mol. The molecule has 5 rings (SSSR count). The van der Waals surface area contributed by atoms with Gasteiger partial charge in [-0.05, 0) is 43.2 Å². The maximum absolute atomic E-state index is 13.1. The summed E-state index contributed by atoms with van der Waals surface area (Å²) in [5.41, 5.74) is 0.694. The van der Waals surface area contributed by atoms with Crippen LogP contribution in [0.5, 0.6) is 0 Å². The van der Waals surface area contributed by atoms with Crippen LogP contribution in [0.3, 0.4) is 0 Å². The summed E-state index contributed by atoms with van der Waals surface area (Å²) >= 11 is 0. The molecule has 3 aliphatic rings. The smallest absolute Gasteiger partial charge is 0.261 e. The Bertz CT molecular complexity index is 1110. The highest BCUT2D eigenvalue weighted by Crippen LogP contribution is 2.31. The van der Waals surface area contributed by atoms with E-state index in [0.29, 0.717) is 30.8 Å². The molecule has 1 saturated carbocycles. The van der Waals surface area contributed by atoms with Gasteiger partial charge in [0.05, 0.1) is 12.7 Å². The number of nitrogens with zero attached hydrogens (tertiary/aromatic N) is 3. The predicted molar refractivity (Wildman–Crippen MR) is 139 cm³/mol. The zero-order valence-electron chi connectivity index (χ0n) is 20.8. The maximum Gasteiger partial charge on any atom is 0.261 e. The Hall–Kier alpha value is -2.76. The van der Waals surface area contributed by atoms with Gasteiger partial charge in [0, 0.05) is 62.3 Å². The molecular weight excluding hydrogens is 454 g/mol. The van der Waals surface area contributed by atoms with Gasteiger partial charge in [-0.1, -0.05) is 36.6 Å². The highest BCUT2D eigenvalue weighted by atomic mass is 16.5. The fraction of sp³-hybridized carbons (Fsp3) is 0.517. The number of hydrogen-bond acceptors (Lipinski definition) is 6. The summed E-state index contributed by atoms with van der Waals surface area (Å²) in [5, 5.41) is 12.2. The first-order valence-electron chi connectivity index (χ1n) is 13.1. The highest BCUT2D eigenvalue weighted by molar-refractivity contribution is 6.25. The predicted octanol–water partition coefficient (Wildman–Crippen LogP) is 2.77. The van der Waals surface area contributed by atoms with Crippen LogP contribution in [-0.2, 0) is 4.74 Å². The average molecular weight is 490 g/mol. The minimum absolute atomic E-state index is 0.214. The number of hydrogen-bond donors (Lipinski definition) is 1. The molecule has 1 atom stereocenters. The van der Waals surface area contributed by atoms with E-state index in [1.54, 1.807) is 12.1 Å². The van der Waals surface area contributed by atoms with Crippen LogP contribution in [0.15, 0.2) is 36.4 Å². The number of benzene rings is 2. The van der Waals surface area contributed by atoms with Crippen LogP contribution in [-0.4, -0.2) is 95.7 Å². The van der Waals surface area contributed by atoms with Crippen LogP contribution < -0.4 is 0 Å². The molecule has 36 heavy (non-hydrogen) atoms. The molecule has 0 bridgehead atoms. The van der Waals surface area contributed by atoms with E-state index in [-0.39, 0.29) is 18.4 Å². The van der Waals surface area contributed by atoms with Crippen molar-refractivity contribution >= 4 is 22.6 Å². The summed E-state index contributed by atoms with van der Waals surface area (Å²) in [7, 11) is 0. The van der Waals surface area contributed by atoms with Gasteiger partial charge in [-0.15, -0.1) is 6.42 Å². The third-order valence-electron chi connectivity index (χ3n) is 7.91. The first kappa shape index (κ1) is 24.9. The molecule has 2 aromatic rings. The van der Waals surface area contributed by atoms with E-state index in [4.69, 9.17) is 11.2 Å². The molecule has 1 unspecified atom stereocenters. The summed E-state index contributed by atoms with van der Waals surface area (Å²) in [6.45, 7) is 5.11. The molecule has 190 valence electrons. The number of aliphatic hydroxyl groups excluding tert-OH is 1. The molecule has 2 amide bonds. The SMILES string of the molecule is C#CC1(OCC(O)CN2CCN(CCN3C(=O)c4cccc5cccc(c45)C3=O)CC2)CCCCC1. The van der Waals surface area contributed by atoms with Gasteiger partial charge in [0.2, 0.25) is 0 Å². The number of β-amino-alcohol motifs (C(OH)–C–C–N with tert-alkyl or cyclic N) is 1. The van der Waals surface area contributed by atoms with Gasteiger partial charge in [-0.3, -0.25) is 24.3 Å². The molecule has 0 spiro atoms. The lowest BCUT2D eigenvalue weighted by Crippen LogP contribution is -2.52. The number of carbonyl (C=O) groups is 2. The van der Waals surface area contributed by atoms with Crippen LogP contribution in [0.4, 0.5) is 0 Å². The lowest BCUT2D eigenvalue weighted by atomic mass is 9.85. The fourth-order valence-electron chi connectivity index (χ4n) is 5.78. The van der Waals surface area contributed by atoms with Crippen molar-refractivity contribution < 1.29 is 19.4 Å². The summed E-state index contributed by atoms with van der Waals surface area (Å²) in [5.74, 6) is 2.41.